The number of benzene rings is 1. The minimum atomic E-state index is -3.49. The van der Waals surface area contributed by atoms with Gasteiger partial charge in [-0.2, -0.15) is 4.31 Å². The maximum Gasteiger partial charge on any atom is 0.235 e. The minimum absolute atomic E-state index is 0.147. The topological polar surface area (TPSA) is 66.5 Å². The molecule has 7 heteroatoms. The molecule has 0 aromatic heterocycles. The van der Waals surface area contributed by atoms with E-state index in [0.29, 0.717) is 11.6 Å². The molecule has 138 valence electrons. The average Bonchev–Trinajstić information content (AvgIpc) is 2.56. The molecule has 0 bridgehead atoms. The molecule has 1 aliphatic rings. The second-order valence-corrected chi connectivity index (χ2v) is 8.78. The SMILES string of the molecule is CS(=O)(=O)N(CC(=O)NCCC1=CCCCC1)Cc1ccc(Cl)cc1. The number of carbonyl (C=O) groups is 1. The number of carbonyl (C=O) groups excluding carboxylic acids is 1. The molecule has 0 fully saturated rings. The molecule has 25 heavy (non-hydrogen) atoms. The lowest BCUT2D eigenvalue weighted by atomic mass is 9.97. The lowest BCUT2D eigenvalue weighted by molar-refractivity contribution is -0.121. The van der Waals surface area contributed by atoms with Gasteiger partial charge in [-0.05, 0) is 49.8 Å². The van der Waals surface area contributed by atoms with Gasteiger partial charge in [0.15, 0.2) is 0 Å². The van der Waals surface area contributed by atoms with E-state index in [1.807, 2.05) is 0 Å². The number of rotatable bonds is 8. The van der Waals surface area contributed by atoms with E-state index in [9.17, 15) is 13.2 Å². The maximum atomic E-state index is 12.1. The average molecular weight is 385 g/mol. The predicted octanol–water partition coefficient (Wildman–Crippen LogP) is 3.11. The van der Waals surface area contributed by atoms with Gasteiger partial charge >= 0.3 is 0 Å². The summed E-state index contributed by atoms with van der Waals surface area (Å²) in [5, 5.41) is 3.41. The van der Waals surface area contributed by atoms with Crippen LogP contribution in [0.2, 0.25) is 5.02 Å². The first kappa shape index (κ1) is 19.9. The normalized spacial score (nSPS) is 15.1. The van der Waals surface area contributed by atoms with Crippen LogP contribution in [-0.2, 0) is 21.4 Å². The molecule has 1 amide bonds. The summed E-state index contributed by atoms with van der Waals surface area (Å²) in [4.78, 5) is 12.1. The predicted molar refractivity (Wildman–Crippen MR) is 101 cm³/mol. The Labute approximate surface area is 155 Å². The Kier molecular flexibility index (Phi) is 7.47. The maximum absolute atomic E-state index is 12.1. The van der Waals surface area contributed by atoms with Gasteiger partial charge in [0.2, 0.25) is 15.9 Å². The first-order chi connectivity index (χ1) is 11.8. The zero-order valence-corrected chi connectivity index (χ0v) is 16.1. The van der Waals surface area contributed by atoms with E-state index in [-0.39, 0.29) is 19.0 Å². The molecule has 0 atom stereocenters. The summed E-state index contributed by atoms with van der Waals surface area (Å²) in [5.74, 6) is -0.282. The van der Waals surface area contributed by atoms with Crippen LogP contribution in [0.15, 0.2) is 35.9 Å². The van der Waals surface area contributed by atoms with E-state index in [1.165, 1.54) is 22.7 Å². The molecule has 0 unspecified atom stereocenters. The van der Waals surface area contributed by atoms with Crippen molar-refractivity contribution in [1.29, 1.82) is 0 Å². The fraction of sp³-hybridized carbons (Fsp3) is 0.500. The van der Waals surface area contributed by atoms with Gasteiger partial charge in [-0.3, -0.25) is 4.79 Å². The summed E-state index contributed by atoms with van der Waals surface area (Å²) in [5.41, 5.74) is 2.17. The monoisotopic (exact) mass is 384 g/mol. The number of nitrogens with zero attached hydrogens (tertiary/aromatic N) is 1. The molecule has 0 spiro atoms. The first-order valence-corrected chi connectivity index (χ1v) is 10.7. The van der Waals surface area contributed by atoms with Crippen molar-refractivity contribution in [2.24, 2.45) is 0 Å². The van der Waals surface area contributed by atoms with Crippen molar-refractivity contribution in [1.82, 2.24) is 9.62 Å². The van der Waals surface area contributed by atoms with Gasteiger partial charge in [0.05, 0.1) is 12.8 Å². The van der Waals surface area contributed by atoms with Crippen molar-refractivity contribution in [3.8, 4) is 0 Å². The van der Waals surface area contributed by atoms with E-state index >= 15 is 0 Å². The highest BCUT2D eigenvalue weighted by molar-refractivity contribution is 7.88. The van der Waals surface area contributed by atoms with Crippen LogP contribution in [0.25, 0.3) is 0 Å². The van der Waals surface area contributed by atoms with Gasteiger partial charge in [0, 0.05) is 18.1 Å². The third kappa shape index (κ3) is 7.18. The molecular formula is C18H25ClN2O3S. The summed E-state index contributed by atoms with van der Waals surface area (Å²) in [6.45, 7) is 0.512. The highest BCUT2D eigenvalue weighted by atomic mass is 35.5. The number of hydrogen-bond acceptors (Lipinski definition) is 3. The Morgan fingerprint density at radius 2 is 1.96 bits per heavy atom. The number of sulfonamides is 1. The lowest BCUT2D eigenvalue weighted by Gasteiger charge is -2.20. The zero-order chi connectivity index (χ0) is 18.3. The third-order valence-corrected chi connectivity index (χ3v) is 5.66. The van der Waals surface area contributed by atoms with Crippen molar-refractivity contribution in [3.05, 3.63) is 46.5 Å². The number of amides is 1. The van der Waals surface area contributed by atoms with Gasteiger partial charge < -0.3 is 5.32 Å². The van der Waals surface area contributed by atoms with E-state index in [0.717, 1.165) is 31.1 Å². The van der Waals surface area contributed by atoms with Crippen molar-refractivity contribution >= 4 is 27.5 Å². The lowest BCUT2D eigenvalue weighted by Crippen LogP contribution is -2.40. The molecule has 0 heterocycles. The molecule has 0 aliphatic heterocycles. The first-order valence-electron chi connectivity index (χ1n) is 8.49. The van der Waals surface area contributed by atoms with Crippen molar-refractivity contribution in [2.45, 2.75) is 38.6 Å². The van der Waals surface area contributed by atoms with Gasteiger partial charge in [0.25, 0.3) is 0 Å². The van der Waals surface area contributed by atoms with Crippen LogP contribution in [0.1, 0.15) is 37.7 Å². The van der Waals surface area contributed by atoms with Gasteiger partial charge in [0.1, 0.15) is 0 Å². The molecule has 5 nitrogen and oxygen atoms in total. The molecule has 0 saturated carbocycles. The Hall–Kier alpha value is -1.37. The summed E-state index contributed by atoms with van der Waals surface area (Å²) >= 11 is 5.84. The third-order valence-electron chi connectivity index (χ3n) is 4.21. The van der Waals surface area contributed by atoms with E-state index in [2.05, 4.69) is 11.4 Å². The molecule has 0 radical (unpaired) electrons. The molecule has 1 aromatic carbocycles. The quantitative estimate of drug-likeness (QED) is 0.700. The van der Waals surface area contributed by atoms with Crippen LogP contribution in [0, 0.1) is 0 Å². The largest absolute Gasteiger partial charge is 0.355 e. The summed E-state index contributed by atoms with van der Waals surface area (Å²) < 4.78 is 25.1. The Morgan fingerprint density at radius 1 is 1.24 bits per heavy atom. The molecule has 0 saturated heterocycles. The zero-order valence-electron chi connectivity index (χ0n) is 14.5. The number of allylic oxidation sites excluding steroid dienone is 1. The summed E-state index contributed by atoms with van der Waals surface area (Å²) in [7, 11) is -3.49. The van der Waals surface area contributed by atoms with E-state index in [4.69, 9.17) is 11.6 Å². The second kappa shape index (κ2) is 9.36. The van der Waals surface area contributed by atoms with Crippen LogP contribution < -0.4 is 5.32 Å². The molecule has 1 aliphatic carbocycles. The number of hydrogen-bond donors (Lipinski definition) is 1. The van der Waals surface area contributed by atoms with Gasteiger partial charge in [-0.1, -0.05) is 35.4 Å². The molecule has 1 aromatic rings. The second-order valence-electron chi connectivity index (χ2n) is 6.37. The Balaban J connectivity index is 1.87. The highest BCUT2D eigenvalue weighted by Gasteiger charge is 2.20. The van der Waals surface area contributed by atoms with E-state index in [1.54, 1.807) is 24.3 Å². The standard InChI is InChI=1S/C18H25ClN2O3S/c1-25(23,24)21(13-16-7-9-17(19)10-8-16)14-18(22)20-12-11-15-5-3-2-4-6-15/h5,7-10H,2-4,6,11-14H2,1H3,(H,20,22). The Bertz CT molecular complexity index is 714. The fourth-order valence-corrected chi connectivity index (χ4v) is 3.66. The molecular weight excluding hydrogens is 360 g/mol. The van der Waals surface area contributed by atoms with Crippen LogP contribution in [0.3, 0.4) is 0 Å². The molecule has 1 N–H and O–H groups in total. The number of halogens is 1. The minimum Gasteiger partial charge on any atom is -0.355 e. The van der Waals surface area contributed by atoms with E-state index < -0.39 is 10.0 Å². The van der Waals surface area contributed by atoms with Crippen molar-refractivity contribution in [2.75, 3.05) is 19.3 Å². The summed E-state index contributed by atoms with van der Waals surface area (Å²) in [6, 6.07) is 6.92. The fourth-order valence-electron chi connectivity index (χ4n) is 2.79. The van der Waals surface area contributed by atoms with Crippen LogP contribution in [-0.4, -0.2) is 38.0 Å². The Morgan fingerprint density at radius 3 is 2.56 bits per heavy atom. The van der Waals surface area contributed by atoms with Crippen LogP contribution in [0.5, 0.6) is 0 Å². The van der Waals surface area contributed by atoms with Crippen LogP contribution in [0.4, 0.5) is 0 Å². The van der Waals surface area contributed by atoms with Crippen molar-refractivity contribution < 1.29 is 13.2 Å². The van der Waals surface area contributed by atoms with Gasteiger partial charge in [-0.15, -0.1) is 0 Å². The van der Waals surface area contributed by atoms with Crippen molar-refractivity contribution in [3.63, 3.8) is 0 Å². The van der Waals surface area contributed by atoms with Crippen LogP contribution >= 0.6 is 11.6 Å². The highest BCUT2D eigenvalue weighted by Crippen LogP contribution is 2.19. The number of nitrogens with one attached hydrogen (secondary N) is 1. The van der Waals surface area contributed by atoms with Gasteiger partial charge in [-0.25, -0.2) is 8.42 Å². The molecule has 2 rings (SSSR count). The summed E-state index contributed by atoms with van der Waals surface area (Å²) in [6.07, 6.45) is 8.87. The smallest absolute Gasteiger partial charge is 0.235 e.